The Morgan fingerprint density at radius 1 is 0.929 bits per heavy atom. The number of carbonyl (C=O) groups is 2. The zero-order chi connectivity index (χ0) is 29.6. The van der Waals surface area contributed by atoms with Gasteiger partial charge in [-0.15, -0.1) is 0 Å². The summed E-state index contributed by atoms with van der Waals surface area (Å²) < 4.78 is 18.0. The molecule has 0 fully saturated rings. The van der Waals surface area contributed by atoms with Crippen LogP contribution in [0.3, 0.4) is 0 Å². The fourth-order valence-electron chi connectivity index (χ4n) is 4.30. The number of carbonyl (C=O) groups excluding carboxylic acids is 2. The largest absolute Gasteiger partial charge is 0.493 e. The van der Waals surface area contributed by atoms with Gasteiger partial charge in [0.1, 0.15) is 12.3 Å². The van der Waals surface area contributed by atoms with E-state index in [1.807, 2.05) is 18.2 Å². The van der Waals surface area contributed by atoms with Crippen molar-refractivity contribution < 1.29 is 23.5 Å². The van der Waals surface area contributed by atoms with Crippen LogP contribution in [0.1, 0.15) is 16.1 Å². The van der Waals surface area contributed by atoms with Crippen molar-refractivity contribution in [2.75, 3.05) is 26.1 Å². The molecule has 1 N–H and O–H groups in total. The highest BCUT2D eigenvalue weighted by Crippen LogP contribution is 2.32. The molecule has 0 unspecified atom stereocenters. The number of nitrogens with one attached hydrogen (secondary N) is 1. The number of imidazole rings is 1. The minimum atomic E-state index is -0.459. The number of benzene rings is 3. The molecule has 0 saturated heterocycles. The number of furan rings is 1. The Bertz CT molecular complexity index is 1680. The summed E-state index contributed by atoms with van der Waals surface area (Å²) in [4.78, 5) is 33.0. The predicted octanol–water partition coefficient (Wildman–Crippen LogP) is 6.74. The quantitative estimate of drug-likeness (QED) is 0.189. The fourth-order valence-corrected chi connectivity index (χ4v) is 4.55. The van der Waals surface area contributed by atoms with Crippen LogP contribution in [0.15, 0.2) is 95.7 Å². The molecule has 2 heterocycles. The number of nitrogens with zero attached hydrogens (tertiary/aromatic N) is 3. The molecule has 5 rings (SSSR count). The first kappa shape index (κ1) is 28.8. The molecule has 9 nitrogen and oxygen atoms in total. The van der Waals surface area contributed by atoms with E-state index in [-0.39, 0.29) is 24.9 Å². The summed E-state index contributed by atoms with van der Waals surface area (Å²) >= 11 is 12.1. The highest BCUT2D eigenvalue weighted by molar-refractivity contribution is 6.31. The van der Waals surface area contributed by atoms with Gasteiger partial charge in [-0.25, -0.2) is 4.98 Å². The maximum Gasteiger partial charge on any atom is 0.254 e. The van der Waals surface area contributed by atoms with Crippen molar-refractivity contribution in [3.8, 4) is 28.4 Å². The summed E-state index contributed by atoms with van der Waals surface area (Å²) in [7, 11) is 3.10. The summed E-state index contributed by atoms with van der Waals surface area (Å²) in [6.07, 6.45) is 3.30. The second kappa shape index (κ2) is 12.8. The summed E-state index contributed by atoms with van der Waals surface area (Å²) in [6.45, 7) is -0.181. The van der Waals surface area contributed by atoms with Gasteiger partial charge < -0.3 is 18.8 Å². The molecule has 214 valence electrons. The van der Waals surface area contributed by atoms with Crippen molar-refractivity contribution in [2.24, 2.45) is 0 Å². The van der Waals surface area contributed by atoms with E-state index in [2.05, 4.69) is 5.32 Å². The topological polar surface area (TPSA) is 98.8 Å². The fraction of sp³-hybridized carbons (Fsp3) is 0.129. The number of halogens is 2. The molecule has 0 aliphatic rings. The Hall–Kier alpha value is -4.73. The van der Waals surface area contributed by atoms with Gasteiger partial charge in [-0.2, -0.15) is 0 Å². The number of methoxy groups -OCH3 is 2. The molecule has 0 bridgehead atoms. The lowest BCUT2D eigenvalue weighted by molar-refractivity contribution is -0.117. The Morgan fingerprint density at radius 2 is 1.62 bits per heavy atom. The Balaban J connectivity index is 1.46. The van der Waals surface area contributed by atoms with Crippen LogP contribution in [0.4, 0.5) is 5.95 Å². The van der Waals surface area contributed by atoms with Crippen LogP contribution in [-0.4, -0.2) is 47.0 Å². The summed E-state index contributed by atoms with van der Waals surface area (Å²) in [6, 6.07) is 22.5. The second-order valence-corrected chi connectivity index (χ2v) is 10.0. The van der Waals surface area contributed by atoms with Gasteiger partial charge >= 0.3 is 0 Å². The lowest BCUT2D eigenvalue weighted by atomic mass is 10.2. The minimum Gasteiger partial charge on any atom is -0.493 e. The predicted molar refractivity (Wildman–Crippen MR) is 161 cm³/mol. The molecule has 0 aliphatic carbocycles. The van der Waals surface area contributed by atoms with Crippen LogP contribution in [0.5, 0.6) is 11.5 Å². The van der Waals surface area contributed by atoms with E-state index < -0.39 is 5.91 Å². The highest BCUT2D eigenvalue weighted by atomic mass is 35.5. The van der Waals surface area contributed by atoms with Crippen molar-refractivity contribution >= 4 is 41.0 Å². The normalized spacial score (nSPS) is 10.8. The van der Waals surface area contributed by atoms with Crippen molar-refractivity contribution in [1.82, 2.24) is 14.5 Å². The number of ether oxygens (including phenoxy) is 2. The third-order valence-electron chi connectivity index (χ3n) is 6.38. The lowest BCUT2D eigenvalue weighted by Gasteiger charge is -2.21. The zero-order valence-electron chi connectivity index (χ0n) is 22.7. The van der Waals surface area contributed by atoms with Crippen LogP contribution in [0.2, 0.25) is 10.0 Å². The number of hydrogen-bond donors (Lipinski definition) is 1. The third-order valence-corrected chi connectivity index (χ3v) is 6.89. The molecule has 3 aromatic carbocycles. The Labute approximate surface area is 252 Å². The van der Waals surface area contributed by atoms with E-state index in [9.17, 15) is 9.59 Å². The molecule has 11 heteroatoms. The summed E-state index contributed by atoms with van der Waals surface area (Å²) in [5.41, 5.74) is 2.45. The first-order valence-electron chi connectivity index (χ1n) is 12.8. The highest BCUT2D eigenvalue weighted by Gasteiger charge is 2.22. The molecular weight excluding hydrogens is 579 g/mol. The van der Waals surface area contributed by atoms with Gasteiger partial charge in [0, 0.05) is 33.4 Å². The van der Waals surface area contributed by atoms with Gasteiger partial charge in [0.2, 0.25) is 11.9 Å². The van der Waals surface area contributed by atoms with Gasteiger partial charge in [0.15, 0.2) is 11.5 Å². The Morgan fingerprint density at radius 3 is 2.26 bits per heavy atom. The van der Waals surface area contributed by atoms with Gasteiger partial charge in [-0.05, 0) is 60.7 Å². The molecule has 5 aromatic rings. The lowest BCUT2D eigenvalue weighted by Crippen LogP contribution is -2.37. The molecule has 2 aromatic heterocycles. The molecule has 0 aliphatic heterocycles. The third kappa shape index (κ3) is 6.59. The van der Waals surface area contributed by atoms with E-state index in [1.54, 1.807) is 85.6 Å². The number of hydrogen-bond acceptors (Lipinski definition) is 6. The van der Waals surface area contributed by atoms with Crippen molar-refractivity contribution in [2.45, 2.75) is 6.54 Å². The smallest absolute Gasteiger partial charge is 0.254 e. The molecule has 0 saturated carbocycles. The number of aromatic nitrogens is 2. The van der Waals surface area contributed by atoms with E-state index in [0.717, 1.165) is 5.56 Å². The summed E-state index contributed by atoms with van der Waals surface area (Å²) in [5, 5.41) is 3.96. The maximum absolute atomic E-state index is 13.5. The van der Waals surface area contributed by atoms with E-state index >= 15 is 0 Å². The Kier molecular flexibility index (Phi) is 8.80. The van der Waals surface area contributed by atoms with Crippen molar-refractivity contribution in [3.63, 3.8) is 0 Å². The van der Waals surface area contributed by atoms with Crippen molar-refractivity contribution in [3.05, 3.63) is 113 Å². The zero-order valence-corrected chi connectivity index (χ0v) is 24.2. The molecule has 0 atom stereocenters. The van der Waals surface area contributed by atoms with E-state index in [1.165, 1.54) is 11.2 Å². The van der Waals surface area contributed by atoms with E-state index in [0.29, 0.717) is 44.2 Å². The van der Waals surface area contributed by atoms with Gasteiger partial charge in [-0.1, -0.05) is 35.3 Å². The molecular formula is C31H26Cl2N4O5. The van der Waals surface area contributed by atoms with Crippen LogP contribution < -0.4 is 14.8 Å². The average Bonchev–Trinajstić information content (AvgIpc) is 3.67. The van der Waals surface area contributed by atoms with Crippen LogP contribution >= 0.6 is 23.2 Å². The van der Waals surface area contributed by atoms with Gasteiger partial charge in [-0.3, -0.25) is 19.5 Å². The first-order valence-corrected chi connectivity index (χ1v) is 13.5. The number of anilines is 1. The van der Waals surface area contributed by atoms with Crippen LogP contribution in [0, 0.1) is 0 Å². The summed E-state index contributed by atoms with van der Waals surface area (Å²) in [5.74, 6) is 1.02. The molecule has 2 amide bonds. The van der Waals surface area contributed by atoms with Gasteiger partial charge in [0.05, 0.1) is 38.4 Å². The first-order chi connectivity index (χ1) is 20.3. The van der Waals surface area contributed by atoms with E-state index in [4.69, 9.17) is 42.1 Å². The monoisotopic (exact) mass is 604 g/mol. The molecule has 0 radical (unpaired) electrons. The molecule has 0 spiro atoms. The minimum absolute atomic E-state index is 0.0853. The SMILES string of the molecule is COc1ccc(-n2cc(-c3ccc(Cl)cc3)nc2NC(=O)CN(Cc2ccco2)C(=O)c2ccc(Cl)cc2)cc1OC. The molecule has 42 heavy (non-hydrogen) atoms. The van der Waals surface area contributed by atoms with Crippen molar-refractivity contribution in [1.29, 1.82) is 0 Å². The van der Waals surface area contributed by atoms with Crippen LogP contribution in [0.25, 0.3) is 16.9 Å². The van der Waals surface area contributed by atoms with Gasteiger partial charge in [0.25, 0.3) is 5.91 Å². The average molecular weight is 605 g/mol. The maximum atomic E-state index is 13.5. The standard InChI is InChI=1S/C31H26Cl2N4O5/c1-40-27-14-13-24(16-28(27)41-2)37-18-26(20-5-9-22(32)10-6-20)34-31(37)35-29(38)19-36(17-25-4-3-15-42-25)30(39)21-7-11-23(33)12-8-21/h3-16,18H,17,19H2,1-2H3,(H,34,35,38). The van der Waals surface area contributed by atoms with Crippen LogP contribution in [-0.2, 0) is 11.3 Å². The number of rotatable bonds is 10. The second-order valence-electron chi connectivity index (χ2n) is 9.16. The number of amides is 2.